The van der Waals surface area contributed by atoms with E-state index in [0.29, 0.717) is 0 Å². The van der Waals surface area contributed by atoms with E-state index < -0.39 is 0 Å². The van der Waals surface area contributed by atoms with Crippen LogP contribution in [0.4, 0.5) is 0 Å². The second kappa shape index (κ2) is 5.56. The molecule has 0 aliphatic heterocycles. The first-order chi connectivity index (χ1) is 5.18. The number of rotatable bonds is 6. The zero-order valence-electron chi connectivity index (χ0n) is 8.39. The summed E-state index contributed by atoms with van der Waals surface area (Å²) in [6.07, 6.45) is 1.18. The molecule has 0 aromatic rings. The van der Waals surface area contributed by atoms with Crippen LogP contribution in [0.2, 0.25) is 0 Å². The third-order valence-electron chi connectivity index (χ3n) is 2.57. The Bertz CT molecular complexity index is 89.6. The van der Waals surface area contributed by atoms with Crippen LogP contribution in [-0.4, -0.2) is 44.9 Å². The van der Waals surface area contributed by atoms with Gasteiger partial charge in [-0.25, -0.2) is 0 Å². The van der Waals surface area contributed by atoms with Crippen molar-refractivity contribution in [3.8, 4) is 0 Å². The van der Waals surface area contributed by atoms with Crippen molar-refractivity contribution in [2.75, 3.05) is 40.4 Å². The van der Waals surface area contributed by atoms with Gasteiger partial charge in [-0.2, -0.15) is 0 Å². The minimum atomic E-state index is 0.897. The molecular weight excluding hydrogens is 138 g/mol. The Kier molecular flexibility index (Phi) is 5.51. The molecule has 0 radical (unpaired) electrons. The molecule has 0 atom stereocenters. The van der Waals surface area contributed by atoms with Crippen molar-refractivity contribution in [3.05, 3.63) is 0 Å². The standard InChI is InChI=1S/C9H22NO/c1-5-10(3,6-2)8-7-9-11-4/h5-9H2,1-4H3/q+1. The van der Waals surface area contributed by atoms with E-state index in [0.717, 1.165) is 6.61 Å². The van der Waals surface area contributed by atoms with Crippen LogP contribution in [0.3, 0.4) is 0 Å². The van der Waals surface area contributed by atoms with Crippen molar-refractivity contribution in [3.63, 3.8) is 0 Å². The van der Waals surface area contributed by atoms with Crippen LogP contribution in [0.5, 0.6) is 0 Å². The first-order valence-electron chi connectivity index (χ1n) is 4.51. The predicted molar refractivity (Wildman–Crippen MR) is 48.6 cm³/mol. The van der Waals surface area contributed by atoms with Crippen LogP contribution in [0.15, 0.2) is 0 Å². The highest BCUT2D eigenvalue weighted by Gasteiger charge is 2.14. The summed E-state index contributed by atoms with van der Waals surface area (Å²) in [4.78, 5) is 0. The summed E-state index contributed by atoms with van der Waals surface area (Å²) in [6.45, 7) is 9.07. The Balaban J connectivity index is 3.51. The van der Waals surface area contributed by atoms with Crippen molar-refractivity contribution < 1.29 is 9.22 Å². The summed E-state index contributed by atoms with van der Waals surface area (Å²) >= 11 is 0. The van der Waals surface area contributed by atoms with Crippen LogP contribution < -0.4 is 0 Å². The fourth-order valence-electron chi connectivity index (χ4n) is 1.13. The zero-order valence-corrected chi connectivity index (χ0v) is 8.39. The van der Waals surface area contributed by atoms with E-state index in [1.165, 1.54) is 30.5 Å². The van der Waals surface area contributed by atoms with Gasteiger partial charge >= 0.3 is 0 Å². The minimum absolute atomic E-state index is 0.897. The van der Waals surface area contributed by atoms with Crippen molar-refractivity contribution in [2.45, 2.75) is 20.3 Å². The number of nitrogens with zero attached hydrogens (tertiary/aromatic N) is 1. The predicted octanol–water partition coefficient (Wildman–Crippen LogP) is 1.51. The average molecular weight is 160 g/mol. The van der Waals surface area contributed by atoms with Crippen molar-refractivity contribution in [1.82, 2.24) is 0 Å². The van der Waals surface area contributed by atoms with E-state index in [1.807, 2.05) is 0 Å². The normalized spacial score (nSPS) is 12.0. The lowest BCUT2D eigenvalue weighted by molar-refractivity contribution is -0.906. The summed E-state index contributed by atoms with van der Waals surface area (Å²) in [7, 11) is 4.07. The average Bonchev–Trinajstić information content (AvgIpc) is 2.05. The quantitative estimate of drug-likeness (QED) is 0.423. The van der Waals surface area contributed by atoms with Gasteiger partial charge in [-0.05, 0) is 13.8 Å². The van der Waals surface area contributed by atoms with E-state index in [2.05, 4.69) is 20.9 Å². The van der Waals surface area contributed by atoms with Gasteiger partial charge in [0.05, 0.1) is 33.3 Å². The van der Waals surface area contributed by atoms with Crippen LogP contribution in [0.1, 0.15) is 20.3 Å². The molecule has 0 aromatic heterocycles. The van der Waals surface area contributed by atoms with E-state index in [9.17, 15) is 0 Å². The molecule has 0 rings (SSSR count). The van der Waals surface area contributed by atoms with E-state index in [1.54, 1.807) is 7.11 Å². The molecule has 0 saturated heterocycles. The molecule has 2 nitrogen and oxygen atoms in total. The molecule has 0 saturated carbocycles. The molecule has 0 amide bonds. The first-order valence-corrected chi connectivity index (χ1v) is 4.51. The number of methoxy groups -OCH3 is 1. The molecule has 0 unspecified atom stereocenters. The summed E-state index contributed by atoms with van der Waals surface area (Å²) in [5.74, 6) is 0. The van der Waals surface area contributed by atoms with E-state index in [-0.39, 0.29) is 0 Å². The Morgan fingerprint density at radius 1 is 1.18 bits per heavy atom. The Labute approximate surface area is 70.7 Å². The highest BCUT2D eigenvalue weighted by molar-refractivity contribution is 4.36. The zero-order chi connectivity index (χ0) is 8.74. The largest absolute Gasteiger partial charge is 0.384 e. The highest BCUT2D eigenvalue weighted by atomic mass is 16.5. The van der Waals surface area contributed by atoms with Crippen LogP contribution >= 0.6 is 0 Å². The van der Waals surface area contributed by atoms with E-state index >= 15 is 0 Å². The molecule has 0 heterocycles. The molecular formula is C9H22NO+. The van der Waals surface area contributed by atoms with Gasteiger partial charge in [0.2, 0.25) is 0 Å². The Morgan fingerprint density at radius 2 is 1.73 bits per heavy atom. The maximum atomic E-state index is 5.02. The van der Waals surface area contributed by atoms with Gasteiger partial charge in [0.25, 0.3) is 0 Å². The second-order valence-electron chi connectivity index (χ2n) is 3.32. The maximum absolute atomic E-state index is 5.02. The molecule has 2 heteroatoms. The number of quaternary nitrogens is 1. The molecule has 0 bridgehead atoms. The number of hydrogen-bond donors (Lipinski definition) is 0. The van der Waals surface area contributed by atoms with Gasteiger partial charge < -0.3 is 9.22 Å². The van der Waals surface area contributed by atoms with Gasteiger partial charge in [0.15, 0.2) is 0 Å². The summed E-state index contributed by atoms with van der Waals surface area (Å²) in [6, 6.07) is 0. The second-order valence-corrected chi connectivity index (χ2v) is 3.32. The summed E-state index contributed by atoms with van der Waals surface area (Å²) in [5, 5.41) is 0. The molecule has 0 N–H and O–H groups in total. The summed E-state index contributed by atoms with van der Waals surface area (Å²) in [5.41, 5.74) is 0. The third kappa shape index (κ3) is 4.38. The van der Waals surface area contributed by atoms with Gasteiger partial charge in [0, 0.05) is 13.5 Å². The first kappa shape index (κ1) is 10.9. The lowest BCUT2D eigenvalue weighted by Crippen LogP contribution is -2.44. The van der Waals surface area contributed by atoms with Crippen molar-refractivity contribution in [2.24, 2.45) is 0 Å². The van der Waals surface area contributed by atoms with Gasteiger partial charge in [-0.15, -0.1) is 0 Å². The van der Waals surface area contributed by atoms with Gasteiger partial charge in [0.1, 0.15) is 0 Å². The van der Waals surface area contributed by atoms with Crippen LogP contribution in [0.25, 0.3) is 0 Å². The number of hydrogen-bond acceptors (Lipinski definition) is 1. The van der Waals surface area contributed by atoms with Crippen molar-refractivity contribution in [1.29, 1.82) is 0 Å². The molecule has 0 aliphatic rings. The smallest absolute Gasteiger partial charge is 0.0806 e. The lowest BCUT2D eigenvalue weighted by Gasteiger charge is -2.31. The Hall–Kier alpha value is -0.0800. The van der Waals surface area contributed by atoms with E-state index in [4.69, 9.17) is 4.74 Å². The topological polar surface area (TPSA) is 9.23 Å². The minimum Gasteiger partial charge on any atom is -0.384 e. The molecule has 0 aliphatic carbocycles. The molecule has 68 valence electrons. The van der Waals surface area contributed by atoms with Gasteiger partial charge in [-0.3, -0.25) is 0 Å². The van der Waals surface area contributed by atoms with Crippen LogP contribution in [-0.2, 0) is 4.74 Å². The lowest BCUT2D eigenvalue weighted by atomic mass is 10.3. The molecule has 0 fully saturated rings. The van der Waals surface area contributed by atoms with Crippen molar-refractivity contribution >= 4 is 0 Å². The Morgan fingerprint density at radius 3 is 2.09 bits per heavy atom. The SMILES string of the molecule is CC[N+](C)(CC)CCCOC. The monoisotopic (exact) mass is 160 g/mol. The van der Waals surface area contributed by atoms with Crippen LogP contribution in [0, 0.1) is 0 Å². The fourth-order valence-corrected chi connectivity index (χ4v) is 1.13. The fraction of sp³-hybridized carbons (Fsp3) is 1.00. The summed E-state index contributed by atoms with van der Waals surface area (Å²) < 4.78 is 6.19. The maximum Gasteiger partial charge on any atom is 0.0806 e. The molecule has 11 heavy (non-hydrogen) atoms. The highest BCUT2D eigenvalue weighted by Crippen LogP contribution is 2.02. The van der Waals surface area contributed by atoms with Gasteiger partial charge in [-0.1, -0.05) is 0 Å². The molecule has 0 aromatic carbocycles. The molecule has 0 spiro atoms. The number of ether oxygens (including phenoxy) is 1. The third-order valence-corrected chi connectivity index (χ3v) is 2.57.